The van der Waals surface area contributed by atoms with Gasteiger partial charge < -0.3 is 10.1 Å². The van der Waals surface area contributed by atoms with Crippen LogP contribution in [0.1, 0.15) is 30.0 Å². The number of ether oxygens (including phenoxy) is 1. The largest absolute Gasteiger partial charge is 0.483 e. The monoisotopic (exact) mass is 440 g/mol. The van der Waals surface area contributed by atoms with E-state index in [0.717, 1.165) is 16.8 Å². The Balaban J connectivity index is 1.68. The Morgan fingerprint density at radius 2 is 1.90 bits per heavy atom. The zero-order valence-electron chi connectivity index (χ0n) is 17.8. The van der Waals surface area contributed by atoms with Crippen molar-refractivity contribution in [3.05, 3.63) is 77.9 Å². The predicted molar refractivity (Wildman–Crippen MR) is 121 cm³/mol. The summed E-state index contributed by atoms with van der Waals surface area (Å²) in [7, 11) is 0. The van der Waals surface area contributed by atoms with E-state index in [2.05, 4.69) is 22.1 Å². The van der Waals surface area contributed by atoms with Crippen molar-refractivity contribution in [2.75, 3.05) is 11.1 Å². The molecule has 0 saturated heterocycles. The van der Waals surface area contributed by atoms with Crippen LogP contribution in [0.5, 0.6) is 5.75 Å². The van der Waals surface area contributed by atoms with Crippen LogP contribution < -0.4 is 10.1 Å². The molecule has 3 rings (SSSR count). The molecule has 31 heavy (non-hydrogen) atoms. The smallest absolute Gasteiger partial charge is 0.234 e. The molecule has 1 aromatic heterocycles. The molecule has 1 heterocycles. The molecule has 0 aliphatic heterocycles. The van der Waals surface area contributed by atoms with Crippen molar-refractivity contribution in [1.82, 2.24) is 14.8 Å². The lowest BCUT2D eigenvalue weighted by atomic mass is 10.1. The average molecular weight is 441 g/mol. The number of hydrogen-bond acceptors (Lipinski definition) is 5. The number of nitrogens with one attached hydrogen (secondary N) is 1. The van der Waals surface area contributed by atoms with E-state index in [1.165, 1.54) is 23.9 Å². The van der Waals surface area contributed by atoms with Gasteiger partial charge in [0.2, 0.25) is 5.91 Å². The van der Waals surface area contributed by atoms with Gasteiger partial charge in [-0.2, -0.15) is 0 Å². The predicted octanol–water partition coefficient (Wildman–Crippen LogP) is 5.09. The van der Waals surface area contributed by atoms with Crippen LogP contribution in [-0.2, 0) is 11.3 Å². The first-order valence-electron chi connectivity index (χ1n) is 9.84. The lowest BCUT2D eigenvalue weighted by Gasteiger charge is -2.16. The van der Waals surface area contributed by atoms with Gasteiger partial charge in [-0.25, -0.2) is 4.39 Å². The quantitative estimate of drug-likeness (QED) is 0.371. The van der Waals surface area contributed by atoms with Crippen molar-refractivity contribution in [2.24, 2.45) is 0 Å². The van der Waals surface area contributed by atoms with Crippen molar-refractivity contribution >= 4 is 23.4 Å². The van der Waals surface area contributed by atoms with Crippen LogP contribution in [0.25, 0.3) is 0 Å². The van der Waals surface area contributed by atoms with Crippen LogP contribution in [0.15, 0.2) is 60.3 Å². The van der Waals surface area contributed by atoms with Gasteiger partial charge in [-0.3, -0.25) is 9.36 Å². The lowest BCUT2D eigenvalue weighted by Crippen LogP contribution is -2.16. The van der Waals surface area contributed by atoms with Gasteiger partial charge in [0.1, 0.15) is 11.6 Å². The summed E-state index contributed by atoms with van der Waals surface area (Å²) >= 11 is 1.30. The summed E-state index contributed by atoms with van der Waals surface area (Å²) in [6.45, 7) is 10.0. The number of thioether (sulfide) groups is 1. The Bertz CT molecular complexity index is 1050. The van der Waals surface area contributed by atoms with Gasteiger partial charge in [-0.1, -0.05) is 36.0 Å². The van der Waals surface area contributed by atoms with E-state index in [4.69, 9.17) is 4.74 Å². The highest BCUT2D eigenvalue weighted by Gasteiger charge is 2.20. The zero-order valence-corrected chi connectivity index (χ0v) is 18.6. The van der Waals surface area contributed by atoms with E-state index < -0.39 is 6.10 Å². The Morgan fingerprint density at radius 3 is 2.55 bits per heavy atom. The minimum atomic E-state index is -0.421. The minimum Gasteiger partial charge on any atom is -0.483 e. The number of nitrogens with zero attached hydrogens (tertiary/aromatic N) is 3. The standard InChI is InChI=1S/C23H25FN4O2S/c1-5-13-28-22(17(4)30-19-11-9-18(24)10-12-19)26-27-23(28)31-14-20(29)25-21-15(2)7-6-8-16(21)3/h5-12,17H,1,13-14H2,2-4H3,(H,25,29). The summed E-state index contributed by atoms with van der Waals surface area (Å²) in [5.74, 6) is 0.877. The van der Waals surface area contributed by atoms with E-state index in [0.29, 0.717) is 23.3 Å². The third-order valence-electron chi connectivity index (χ3n) is 4.63. The molecule has 162 valence electrons. The van der Waals surface area contributed by atoms with E-state index in [-0.39, 0.29) is 17.5 Å². The molecule has 0 radical (unpaired) electrons. The van der Waals surface area contributed by atoms with E-state index in [1.54, 1.807) is 18.2 Å². The molecule has 0 aliphatic carbocycles. The molecule has 0 aliphatic rings. The summed E-state index contributed by atoms with van der Waals surface area (Å²) in [6, 6.07) is 11.7. The minimum absolute atomic E-state index is 0.118. The molecule has 0 fully saturated rings. The zero-order chi connectivity index (χ0) is 22.4. The highest BCUT2D eigenvalue weighted by Crippen LogP contribution is 2.25. The highest BCUT2D eigenvalue weighted by molar-refractivity contribution is 7.99. The molecule has 1 amide bonds. The van der Waals surface area contributed by atoms with Crippen molar-refractivity contribution in [3.8, 4) is 5.75 Å². The third kappa shape index (κ3) is 5.73. The summed E-state index contributed by atoms with van der Waals surface area (Å²) in [4.78, 5) is 12.5. The van der Waals surface area contributed by atoms with Crippen molar-refractivity contribution < 1.29 is 13.9 Å². The molecule has 8 heteroatoms. The second-order valence-electron chi connectivity index (χ2n) is 7.06. The van der Waals surface area contributed by atoms with Gasteiger partial charge in [0.25, 0.3) is 0 Å². The second kappa shape index (κ2) is 10.3. The van der Waals surface area contributed by atoms with Crippen LogP contribution in [0.4, 0.5) is 10.1 Å². The third-order valence-corrected chi connectivity index (χ3v) is 5.59. The van der Waals surface area contributed by atoms with Crippen LogP contribution in [-0.4, -0.2) is 26.4 Å². The molecule has 0 bridgehead atoms. The molecule has 1 atom stereocenters. The number of carbonyl (C=O) groups is 1. The molecule has 0 spiro atoms. The fourth-order valence-corrected chi connectivity index (χ4v) is 3.85. The first kappa shape index (κ1) is 22.6. The maximum Gasteiger partial charge on any atom is 0.234 e. The SMILES string of the molecule is C=CCn1c(SCC(=O)Nc2c(C)cccc2C)nnc1C(C)Oc1ccc(F)cc1. The molecule has 1 unspecified atom stereocenters. The lowest BCUT2D eigenvalue weighted by molar-refractivity contribution is -0.113. The van der Waals surface area contributed by atoms with E-state index in [1.807, 2.05) is 43.5 Å². The van der Waals surface area contributed by atoms with Crippen LogP contribution in [0.3, 0.4) is 0 Å². The maximum absolute atomic E-state index is 13.1. The van der Waals surface area contributed by atoms with Crippen molar-refractivity contribution in [2.45, 2.75) is 38.6 Å². The number of para-hydroxylation sites is 1. The summed E-state index contributed by atoms with van der Waals surface area (Å²) in [5.41, 5.74) is 2.87. The molecule has 3 aromatic rings. The molecule has 6 nitrogen and oxygen atoms in total. The molecular formula is C23H25FN4O2S. The molecule has 1 N–H and O–H groups in total. The van der Waals surface area contributed by atoms with Crippen LogP contribution in [0.2, 0.25) is 0 Å². The topological polar surface area (TPSA) is 69.0 Å². The number of rotatable bonds is 9. The molecule has 0 saturated carbocycles. The number of allylic oxidation sites excluding steroid dienone is 1. The fourth-order valence-electron chi connectivity index (χ4n) is 3.10. The Labute approximate surface area is 185 Å². The van der Waals surface area contributed by atoms with Crippen molar-refractivity contribution in [3.63, 3.8) is 0 Å². The summed E-state index contributed by atoms with van der Waals surface area (Å²) in [5, 5.41) is 12.1. The number of anilines is 1. The highest BCUT2D eigenvalue weighted by atomic mass is 32.2. The van der Waals surface area contributed by atoms with Gasteiger partial charge in [0, 0.05) is 12.2 Å². The number of aromatic nitrogens is 3. The number of carbonyl (C=O) groups excluding carboxylic acids is 1. The van der Waals surface area contributed by atoms with Gasteiger partial charge in [0.15, 0.2) is 17.1 Å². The number of benzene rings is 2. The maximum atomic E-state index is 13.1. The molecule has 2 aromatic carbocycles. The van der Waals surface area contributed by atoms with Crippen molar-refractivity contribution in [1.29, 1.82) is 0 Å². The molecular weight excluding hydrogens is 415 g/mol. The summed E-state index contributed by atoms with van der Waals surface area (Å²) < 4.78 is 20.9. The number of aryl methyl sites for hydroxylation is 2. The first-order valence-corrected chi connectivity index (χ1v) is 10.8. The normalized spacial score (nSPS) is 11.7. The van der Waals surface area contributed by atoms with Gasteiger partial charge in [0.05, 0.1) is 5.75 Å². The van der Waals surface area contributed by atoms with Crippen LogP contribution in [0, 0.1) is 19.7 Å². The van der Waals surface area contributed by atoms with Gasteiger partial charge in [-0.05, 0) is 56.2 Å². The number of halogens is 1. The van der Waals surface area contributed by atoms with Gasteiger partial charge in [-0.15, -0.1) is 16.8 Å². The Morgan fingerprint density at radius 1 is 1.23 bits per heavy atom. The number of hydrogen-bond donors (Lipinski definition) is 1. The summed E-state index contributed by atoms with van der Waals surface area (Å²) in [6.07, 6.45) is 1.31. The van der Waals surface area contributed by atoms with E-state index >= 15 is 0 Å². The second-order valence-corrected chi connectivity index (χ2v) is 8.00. The Kier molecular flexibility index (Phi) is 7.46. The van der Waals surface area contributed by atoms with Gasteiger partial charge >= 0.3 is 0 Å². The average Bonchev–Trinajstić information content (AvgIpc) is 3.14. The van der Waals surface area contributed by atoms with Crippen LogP contribution >= 0.6 is 11.8 Å². The number of amides is 1. The van der Waals surface area contributed by atoms with E-state index in [9.17, 15) is 9.18 Å². The Hall–Kier alpha value is -3.13. The fraction of sp³-hybridized carbons (Fsp3) is 0.261. The first-order chi connectivity index (χ1) is 14.9.